The average molecular weight is 218 g/mol. The molecule has 0 amide bonds. The van der Waals surface area contributed by atoms with Crippen molar-refractivity contribution in [1.82, 2.24) is 0 Å². The van der Waals surface area contributed by atoms with E-state index in [1.165, 1.54) is 19.1 Å². The Morgan fingerprint density at radius 3 is 2.55 bits per heavy atom. The van der Waals surface area contributed by atoms with E-state index in [4.69, 9.17) is 0 Å². The van der Waals surface area contributed by atoms with Gasteiger partial charge in [-0.15, -0.1) is 0 Å². The second-order valence-electron chi connectivity index (χ2n) is 1.95. The Morgan fingerprint density at radius 2 is 2.27 bits per heavy atom. The predicted molar refractivity (Wildman–Crippen MR) is 40.0 cm³/mol. The van der Waals surface area contributed by atoms with E-state index in [1.54, 1.807) is 0 Å². The standard InChI is InChI=1S/C6H5NO3Se/c1-4(8)5-2-3-6(11-5)7(9)10/h2-3H,1H3. The molecule has 0 aliphatic carbocycles. The first-order valence-electron chi connectivity index (χ1n) is 2.86. The molecule has 0 aliphatic heterocycles. The van der Waals surface area contributed by atoms with Crippen molar-refractivity contribution < 1.29 is 9.72 Å². The van der Waals surface area contributed by atoms with Crippen molar-refractivity contribution >= 4 is 24.8 Å². The number of hydrogen-bond donors (Lipinski definition) is 0. The van der Waals surface area contributed by atoms with Crippen LogP contribution in [0.25, 0.3) is 0 Å². The Balaban J connectivity index is 2.99. The van der Waals surface area contributed by atoms with E-state index in [9.17, 15) is 14.9 Å². The fraction of sp³-hybridized carbons (Fsp3) is 0.167. The Kier molecular flexibility index (Phi) is 2.22. The maximum atomic E-state index is 10.7. The van der Waals surface area contributed by atoms with Crippen LogP contribution < -0.4 is 0 Å². The van der Waals surface area contributed by atoms with Crippen LogP contribution in [0.1, 0.15) is 16.2 Å². The number of carbonyl (C=O) groups is 1. The minimum absolute atomic E-state index is 0.0712. The van der Waals surface area contributed by atoms with E-state index >= 15 is 0 Å². The molecule has 0 radical (unpaired) electrons. The van der Waals surface area contributed by atoms with E-state index in [2.05, 4.69) is 0 Å². The van der Waals surface area contributed by atoms with E-state index in [-0.39, 0.29) is 24.8 Å². The summed E-state index contributed by atoms with van der Waals surface area (Å²) in [4.78, 5) is 20.4. The zero-order valence-electron chi connectivity index (χ0n) is 5.73. The molecule has 1 rings (SSSR count). The molecule has 11 heavy (non-hydrogen) atoms. The van der Waals surface area contributed by atoms with Gasteiger partial charge in [-0.25, -0.2) is 0 Å². The van der Waals surface area contributed by atoms with E-state index < -0.39 is 4.92 Å². The molecule has 0 fully saturated rings. The number of rotatable bonds is 2. The molecule has 1 aromatic heterocycles. The molecule has 58 valence electrons. The van der Waals surface area contributed by atoms with Crippen LogP contribution in [0.5, 0.6) is 0 Å². The molecule has 5 heteroatoms. The van der Waals surface area contributed by atoms with Gasteiger partial charge in [0.05, 0.1) is 0 Å². The Labute approximate surface area is 68.7 Å². The molecule has 0 spiro atoms. The van der Waals surface area contributed by atoms with Crippen molar-refractivity contribution in [3.8, 4) is 0 Å². The van der Waals surface area contributed by atoms with Crippen molar-refractivity contribution in [1.29, 1.82) is 0 Å². The second kappa shape index (κ2) is 2.98. The van der Waals surface area contributed by atoms with Gasteiger partial charge in [-0.1, -0.05) is 0 Å². The first-order chi connectivity index (χ1) is 5.11. The third-order valence-corrected chi connectivity index (χ3v) is 3.51. The number of ketones is 1. The Bertz CT molecular complexity index is 276. The first-order valence-corrected chi connectivity index (χ1v) is 4.57. The van der Waals surface area contributed by atoms with Crippen LogP contribution in [0.15, 0.2) is 12.1 Å². The van der Waals surface area contributed by atoms with Gasteiger partial charge in [-0.05, 0) is 0 Å². The number of Topliss-reactive ketones (excluding diaryl/α,β-unsaturated/α-hetero) is 1. The number of nitrogens with zero attached hydrogens (tertiary/aromatic N) is 1. The van der Waals surface area contributed by atoms with Crippen molar-refractivity contribution in [2.75, 3.05) is 0 Å². The molecule has 0 saturated heterocycles. The van der Waals surface area contributed by atoms with E-state index in [0.717, 1.165) is 0 Å². The van der Waals surface area contributed by atoms with Gasteiger partial charge in [-0.2, -0.15) is 0 Å². The van der Waals surface area contributed by atoms with Gasteiger partial charge >= 0.3 is 68.2 Å². The van der Waals surface area contributed by atoms with Gasteiger partial charge in [-0.3, -0.25) is 0 Å². The summed E-state index contributed by atoms with van der Waals surface area (Å²) >= 11 is -0.380. The molecule has 1 heterocycles. The van der Waals surface area contributed by atoms with Crippen LogP contribution >= 0.6 is 0 Å². The second-order valence-corrected chi connectivity index (χ2v) is 4.18. The average Bonchev–Trinajstić information content (AvgIpc) is 2.33. The number of hydrogen-bond acceptors (Lipinski definition) is 3. The zero-order chi connectivity index (χ0) is 8.43. The summed E-state index contributed by atoms with van der Waals surface area (Å²) in [7, 11) is 0. The molecular weight excluding hydrogens is 213 g/mol. The third kappa shape index (κ3) is 1.76. The summed E-state index contributed by atoms with van der Waals surface area (Å²) in [6, 6.07) is 2.93. The maximum absolute atomic E-state index is 10.7. The third-order valence-electron chi connectivity index (χ3n) is 1.12. The molecule has 0 N–H and O–H groups in total. The van der Waals surface area contributed by atoms with Crippen LogP contribution in [-0.4, -0.2) is 25.2 Å². The Hall–Kier alpha value is -0.931. The van der Waals surface area contributed by atoms with E-state index in [1.807, 2.05) is 0 Å². The molecule has 0 aliphatic rings. The van der Waals surface area contributed by atoms with Crippen LogP contribution in [-0.2, 0) is 0 Å². The van der Waals surface area contributed by atoms with Crippen LogP contribution in [0.2, 0.25) is 0 Å². The SMILES string of the molecule is CC(=O)c1ccc([N+](=O)[O-])[se]1. The molecule has 1 aromatic rings. The monoisotopic (exact) mass is 219 g/mol. The minimum atomic E-state index is -0.438. The molecular formula is C6H5NO3Se. The summed E-state index contributed by atoms with van der Waals surface area (Å²) in [5.41, 5.74) is 0. The summed E-state index contributed by atoms with van der Waals surface area (Å²) < 4.78 is 0.729. The van der Waals surface area contributed by atoms with Crippen molar-refractivity contribution in [2.45, 2.75) is 6.92 Å². The van der Waals surface area contributed by atoms with Crippen LogP contribution in [0.4, 0.5) is 4.56 Å². The summed E-state index contributed by atoms with van der Waals surface area (Å²) in [6.45, 7) is 1.42. The quantitative estimate of drug-likeness (QED) is 0.320. The van der Waals surface area contributed by atoms with Gasteiger partial charge in [0.2, 0.25) is 0 Å². The summed E-state index contributed by atoms with van der Waals surface area (Å²) in [6.07, 6.45) is 0. The Morgan fingerprint density at radius 1 is 1.64 bits per heavy atom. The molecule has 0 bridgehead atoms. The molecule has 0 saturated carbocycles. The van der Waals surface area contributed by atoms with Crippen molar-refractivity contribution in [3.63, 3.8) is 0 Å². The molecule has 0 atom stereocenters. The number of nitro groups is 1. The van der Waals surface area contributed by atoms with Crippen LogP contribution in [0.3, 0.4) is 0 Å². The predicted octanol–water partition coefficient (Wildman–Crippen LogP) is 0.854. The van der Waals surface area contributed by atoms with Gasteiger partial charge in [0.15, 0.2) is 0 Å². The van der Waals surface area contributed by atoms with Gasteiger partial charge in [0.25, 0.3) is 0 Å². The fourth-order valence-corrected chi connectivity index (χ4v) is 2.12. The topological polar surface area (TPSA) is 60.2 Å². The normalized spacial score (nSPS) is 9.55. The zero-order valence-corrected chi connectivity index (χ0v) is 7.45. The summed E-state index contributed by atoms with van der Waals surface area (Å²) in [5.74, 6) is -0.0712. The molecule has 0 aromatic carbocycles. The molecule has 4 nitrogen and oxygen atoms in total. The summed E-state index contributed by atoms with van der Waals surface area (Å²) in [5, 5.41) is 10.2. The van der Waals surface area contributed by atoms with Crippen LogP contribution in [0, 0.1) is 10.1 Å². The molecule has 0 unspecified atom stereocenters. The van der Waals surface area contributed by atoms with Crippen molar-refractivity contribution in [3.05, 3.63) is 26.7 Å². The van der Waals surface area contributed by atoms with E-state index in [0.29, 0.717) is 4.44 Å². The first kappa shape index (κ1) is 8.17. The number of carbonyl (C=O) groups excluding carboxylic acids is 1. The van der Waals surface area contributed by atoms with Gasteiger partial charge in [0.1, 0.15) is 0 Å². The van der Waals surface area contributed by atoms with Gasteiger partial charge < -0.3 is 0 Å². The fourth-order valence-electron chi connectivity index (χ4n) is 0.615. The van der Waals surface area contributed by atoms with Gasteiger partial charge in [0, 0.05) is 0 Å². The van der Waals surface area contributed by atoms with Crippen molar-refractivity contribution in [2.24, 2.45) is 0 Å².